The van der Waals surface area contributed by atoms with Crippen LogP contribution >= 0.6 is 0 Å². The first kappa shape index (κ1) is 11.1. The van der Waals surface area contributed by atoms with Crippen LogP contribution in [0.2, 0.25) is 0 Å². The molecule has 3 atom stereocenters. The Morgan fingerprint density at radius 1 is 1.31 bits per heavy atom. The van der Waals surface area contributed by atoms with Gasteiger partial charge in [0.1, 0.15) is 0 Å². The maximum atomic E-state index is 2.47. The predicted octanol–water partition coefficient (Wildman–Crippen LogP) is 4.64. The molecule has 0 aliphatic heterocycles. The Balaban J connectivity index is 2.24. The van der Waals surface area contributed by atoms with E-state index in [0.717, 1.165) is 17.8 Å². The normalized spacial score (nSPS) is 31.6. The van der Waals surface area contributed by atoms with Crippen molar-refractivity contribution in [2.24, 2.45) is 17.8 Å². The van der Waals surface area contributed by atoms with Crippen LogP contribution in [0.5, 0.6) is 0 Å². The fraction of sp³-hybridized carbons (Fsp3) is 1.00. The van der Waals surface area contributed by atoms with E-state index in [1.807, 2.05) is 0 Å². The first-order valence-corrected chi connectivity index (χ1v) is 6.24. The zero-order chi connectivity index (χ0) is 9.68. The van der Waals surface area contributed by atoms with Crippen molar-refractivity contribution in [1.82, 2.24) is 0 Å². The SMILES string of the molecule is CCCCC(C)C1CCCC(C)C1. The summed E-state index contributed by atoms with van der Waals surface area (Å²) in [5.41, 5.74) is 0. The predicted molar refractivity (Wildman–Crippen MR) is 59.8 cm³/mol. The molecule has 1 fully saturated rings. The average molecular weight is 182 g/mol. The summed E-state index contributed by atoms with van der Waals surface area (Å²) in [4.78, 5) is 0. The lowest BCUT2D eigenvalue weighted by Crippen LogP contribution is -2.19. The van der Waals surface area contributed by atoms with E-state index in [1.165, 1.54) is 44.9 Å². The molecule has 1 saturated carbocycles. The molecule has 0 nitrogen and oxygen atoms in total. The van der Waals surface area contributed by atoms with Crippen molar-refractivity contribution in [1.29, 1.82) is 0 Å². The second-order valence-corrected chi connectivity index (χ2v) is 5.15. The highest BCUT2D eigenvalue weighted by Gasteiger charge is 2.23. The lowest BCUT2D eigenvalue weighted by atomic mass is 9.75. The van der Waals surface area contributed by atoms with E-state index in [4.69, 9.17) is 0 Å². The minimum atomic E-state index is 0.989. The summed E-state index contributed by atoms with van der Waals surface area (Å²) in [6, 6.07) is 0. The van der Waals surface area contributed by atoms with Crippen molar-refractivity contribution >= 4 is 0 Å². The maximum absolute atomic E-state index is 2.47. The Bertz CT molecular complexity index is 128. The number of hydrogen-bond donors (Lipinski definition) is 0. The summed E-state index contributed by atoms with van der Waals surface area (Å²) in [6.45, 7) is 7.20. The summed E-state index contributed by atoms with van der Waals surface area (Å²) >= 11 is 0. The minimum absolute atomic E-state index is 0.989. The van der Waals surface area contributed by atoms with Gasteiger partial charge in [-0.2, -0.15) is 0 Å². The van der Waals surface area contributed by atoms with E-state index in [1.54, 1.807) is 0 Å². The van der Waals surface area contributed by atoms with Crippen LogP contribution < -0.4 is 0 Å². The van der Waals surface area contributed by atoms with E-state index in [-0.39, 0.29) is 0 Å². The highest BCUT2D eigenvalue weighted by molar-refractivity contribution is 4.74. The first-order chi connectivity index (χ1) is 6.24. The van der Waals surface area contributed by atoms with Gasteiger partial charge in [-0.3, -0.25) is 0 Å². The van der Waals surface area contributed by atoms with Crippen LogP contribution in [0.1, 0.15) is 65.7 Å². The molecular weight excluding hydrogens is 156 g/mol. The zero-order valence-electron chi connectivity index (χ0n) is 9.68. The molecule has 1 aliphatic rings. The number of unbranched alkanes of at least 4 members (excludes halogenated alkanes) is 1. The van der Waals surface area contributed by atoms with Gasteiger partial charge in [0.25, 0.3) is 0 Å². The van der Waals surface area contributed by atoms with E-state index in [9.17, 15) is 0 Å². The van der Waals surface area contributed by atoms with Gasteiger partial charge in [-0.15, -0.1) is 0 Å². The van der Waals surface area contributed by atoms with Gasteiger partial charge in [0, 0.05) is 0 Å². The van der Waals surface area contributed by atoms with Gasteiger partial charge in [0.2, 0.25) is 0 Å². The molecule has 78 valence electrons. The van der Waals surface area contributed by atoms with Crippen molar-refractivity contribution in [3.8, 4) is 0 Å². The monoisotopic (exact) mass is 182 g/mol. The molecule has 0 aromatic rings. The molecule has 1 aliphatic carbocycles. The Morgan fingerprint density at radius 3 is 2.69 bits per heavy atom. The fourth-order valence-electron chi connectivity index (χ4n) is 2.76. The average Bonchev–Trinajstić information content (AvgIpc) is 2.14. The molecule has 3 unspecified atom stereocenters. The molecule has 1 rings (SSSR count). The zero-order valence-corrected chi connectivity index (χ0v) is 9.68. The lowest BCUT2D eigenvalue weighted by Gasteiger charge is -2.31. The standard InChI is InChI=1S/C13H26/c1-4-5-8-12(3)13-9-6-7-11(2)10-13/h11-13H,4-10H2,1-3H3. The van der Waals surface area contributed by atoms with Crippen LogP contribution in [0.25, 0.3) is 0 Å². The third-order valence-electron chi connectivity index (χ3n) is 3.79. The van der Waals surface area contributed by atoms with E-state index in [2.05, 4.69) is 20.8 Å². The van der Waals surface area contributed by atoms with Crippen molar-refractivity contribution in [3.05, 3.63) is 0 Å². The van der Waals surface area contributed by atoms with Crippen molar-refractivity contribution in [2.75, 3.05) is 0 Å². The smallest absolute Gasteiger partial charge is 0.0386 e. The fourth-order valence-corrected chi connectivity index (χ4v) is 2.76. The third kappa shape index (κ3) is 3.70. The van der Waals surface area contributed by atoms with Crippen LogP contribution in [-0.4, -0.2) is 0 Å². The Morgan fingerprint density at radius 2 is 2.08 bits per heavy atom. The van der Waals surface area contributed by atoms with Gasteiger partial charge in [0.05, 0.1) is 0 Å². The van der Waals surface area contributed by atoms with Gasteiger partial charge in [0.15, 0.2) is 0 Å². The first-order valence-electron chi connectivity index (χ1n) is 6.24. The molecule has 13 heavy (non-hydrogen) atoms. The molecule has 0 aromatic heterocycles. The van der Waals surface area contributed by atoms with Gasteiger partial charge in [-0.25, -0.2) is 0 Å². The molecule has 0 spiro atoms. The van der Waals surface area contributed by atoms with Crippen LogP contribution in [0.3, 0.4) is 0 Å². The van der Waals surface area contributed by atoms with Gasteiger partial charge < -0.3 is 0 Å². The van der Waals surface area contributed by atoms with Crippen LogP contribution in [0.15, 0.2) is 0 Å². The summed E-state index contributed by atoms with van der Waals surface area (Å²) in [7, 11) is 0. The maximum Gasteiger partial charge on any atom is -0.0386 e. The van der Waals surface area contributed by atoms with Crippen LogP contribution in [-0.2, 0) is 0 Å². The van der Waals surface area contributed by atoms with Crippen molar-refractivity contribution in [3.63, 3.8) is 0 Å². The molecule has 0 N–H and O–H groups in total. The van der Waals surface area contributed by atoms with Crippen LogP contribution in [0.4, 0.5) is 0 Å². The van der Waals surface area contributed by atoms with Gasteiger partial charge >= 0.3 is 0 Å². The minimum Gasteiger partial charge on any atom is -0.0654 e. The van der Waals surface area contributed by atoms with Gasteiger partial charge in [-0.05, 0) is 24.2 Å². The summed E-state index contributed by atoms with van der Waals surface area (Å²) in [5.74, 6) is 3.04. The van der Waals surface area contributed by atoms with Gasteiger partial charge in [-0.1, -0.05) is 59.3 Å². The summed E-state index contributed by atoms with van der Waals surface area (Å²) < 4.78 is 0. The van der Waals surface area contributed by atoms with Crippen LogP contribution in [0, 0.1) is 17.8 Å². The second kappa shape index (κ2) is 5.67. The Hall–Kier alpha value is 0. The molecular formula is C13H26. The third-order valence-corrected chi connectivity index (χ3v) is 3.79. The van der Waals surface area contributed by atoms with Crippen molar-refractivity contribution in [2.45, 2.75) is 65.7 Å². The Labute approximate surface area is 84.1 Å². The molecule has 0 heterocycles. The molecule has 0 amide bonds. The highest BCUT2D eigenvalue weighted by atomic mass is 14.3. The van der Waals surface area contributed by atoms with E-state index < -0.39 is 0 Å². The molecule has 0 bridgehead atoms. The Kier molecular flexibility index (Phi) is 4.83. The largest absolute Gasteiger partial charge is 0.0654 e. The molecule has 0 heteroatoms. The number of hydrogen-bond acceptors (Lipinski definition) is 0. The molecule has 0 aromatic carbocycles. The quantitative estimate of drug-likeness (QED) is 0.594. The molecule has 0 radical (unpaired) electrons. The van der Waals surface area contributed by atoms with E-state index in [0.29, 0.717) is 0 Å². The summed E-state index contributed by atoms with van der Waals surface area (Å²) in [6.07, 6.45) is 10.3. The second-order valence-electron chi connectivity index (χ2n) is 5.15. The van der Waals surface area contributed by atoms with E-state index >= 15 is 0 Å². The number of rotatable bonds is 4. The topological polar surface area (TPSA) is 0 Å². The van der Waals surface area contributed by atoms with Crippen molar-refractivity contribution < 1.29 is 0 Å². The lowest BCUT2D eigenvalue weighted by molar-refractivity contribution is 0.205. The highest BCUT2D eigenvalue weighted by Crippen LogP contribution is 2.35. The summed E-state index contributed by atoms with van der Waals surface area (Å²) in [5, 5.41) is 0. The molecule has 0 saturated heterocycles.